The number of carbonyl (C=O) groups is 2. The molecule has 0 bridgehead atoms. The molecule has 2 unspecified atom stereocenters. The molecule has 2 heterocycles. The van der Waals surface area contributed by atoms with Gasteiger partial charge in [0.15, 0.2) is 5.82 Å². The number of ether oxygens (including phenoxy) is 1. The van der Waals surface area contributed by atoms with Gasteiger partial charge in [0.2, 0.25) is 11.8 Å². The molecule has 1 fully saturated rings. The predicted octanol–water partition coefficient (Wildman–Crippen LogP) is 2.84. The van der Waals surface area contributed by atoms with Gasteiger partial charge < -0.3 is 19.5 Å². The molecule has 0 saturated carbocycles. The first-order valence-electron chi connectivity index (χ1n) is 9.97. The summed E-state index contributed by atoms with van der Waals surface area (Å²) in [6.45, 7) is 8.91. The summed E-state index contributed by atoms with van der Waals surface area (Å²) in [6, 6.07) is 5.53. The third-order valence-corrected chi connectivity index (χ3v) is 5.24. The summed E-state index contributed by atoms with van der Waals surface area (Å²) in [7, 11) is 0. The molecular formula is C21H28N4O4. The molecule has 29 heavy (non-hydrogen) atoms. The predicted molar refractivity (Wildman–Crippen MR) is 107 cm³/mol. The van der Waals surface area contributed by atoms with Crippen LogP contribution < -0.4 is 10.2 Å². The van der Waals surface area contributed by atoms with Crippen molar-refractivity contribution in [2.24, 2.45) is 5.92 Å². The van der Waals surface area contributed by atoms with Crippen molar-refractivity contribution in [3.05, 3.63) is 41.0 Å². The molecule has 2 atom stereocenters. The summed E-state index contributed by atoms with van der Waals surface area (Å²) in [4.78, 5) is 31.2. The Morgan fingerprint density at radius 3 is 2.90 bits per heavy atom. The third kappa shape index (κ3) is 5.00. The molecule has 1 aromatic carbocycles. The van der Waals surface area contributed by atoms with E-state index in [4.69, 9.17) is 9.26 Å². The number of hydrogen-bond donors (Lipinski definition) is 1. The van der Waals surface area contributed by atoms with Crippen LogP contribution in [0.2, 0.25) is 0 Å². The summed E-state index contributed by atoms with van der Waals surface area (Å²) in [5.41, 5.74) is 3.13. The number of aryl methyl sites for hydroxylation is 2. The lowest BCUT2D eigenvalue weighted by atomic mass is 9.95. The lowest BCUT2D eigenvalue weighted by Crippen LogP contribution is -2.46. The number of nitrogens with zero attached hydrogens (tertiary/aromatic N) is 3. The standard InChI is InChI=1S/C21H28N4O4/c1-5-28-12-18-23-20(24-29-18)15(4)22-21(27)16-7-9-19(26)25(11-16)17-8-6-13(2)14(3)10-17/h6,8,10,15-16H,5,7,9,11-12H2,1-4H3,(H,22,27). The summed E-state index contributed by atoms with van der Waals surface area (Å²) >= 11 is 0. The summed E-state index contributed by atoms with van der Waals surface area (Å²) < 4.78 is 10.4. The largest absolute Gasteiger partial charge is 0.372 e. The van der Waals surface area contributed by atoms with Crippen LogP contribution in [0.15, 0.2) is 22.7 Å². The highest BCUT2D eigenvalue weighted by Crippen LogP contribution is 2.26. The summed E-state index contributed by atoms with van der Waals surface area (Å²) in [5, 5.41) is 6.85. The van der Waals surface area contributed by atoms with E-state index in [0.29, 0.717) is 37.7 Å². The topological polar surface area (TPSA) is 97.6 Å². The first kappa shape index (κ1) is 21.0. The number of benzene rings is 1. The van der Waals surface area contributed by atoms with Gasteiger partial charge in [-0.3, -0.25) is 9.59 Å². The normalized spacial score (nSPS) is 18.0. The second kappa shape index (κ2) is 9.17. The molecule has 2 amide bonds. The first-order valence-corrected chi connectivity index (χ1v) is 9.97. The Kier molecular flexibility index (Phi) is 6.64. The lowest BCUT2D eigenvalue weighted by molar-refractivity contribution is -0.128. The van der Waals surface area contributed by atoms with Gasteiger partial charge in [-0.2, -0.15) is 4.98 Å². The Hall–Kier alpha value is -2.74. The van der Waals surface area contributed by atoms with Crippen molar-refractivity contribution in [1.82, 2.24) is 15.5 Å². The SMILES string of the molecule is CCOCc1nc(C(C)NC(=O)C2CCC(=O)N(c3ccc(C)c(C)c3)C2)no1. The number of hydrogen-bond acceptors (Lipinski definition) is 6. The number of aromatic nitrogens is 2. The maximum Gasteiger partial charge on any atom is 0.252 e. The van der Waals surface area contributed by atoms with Gasteiger partial charge in [0.1, 0.15) is 6.61 Å². The zero-order valence-corrected chi connectivity index (χ0v) is 17.4. The molecule has 1 N–H and O–H groups in total. The van der Waals surface area contributed by atoms with Gasteiger partial charge in [0.25, 0.3) is 5.89 Å². The van der Waals surface area contributed by atoms with Gasteiger partial charge in [-0.1, -0.05) is 11.2 Å². The van der Waals surface area contributed by atoms with E-state index in [1.165, 1.54) is 5.56 Å². The Labute approximate surface area is 170 Å². The van der Waals surface area contributed by atoms with Gasteiger partial charge in [-0.05, 0) is 57.4 Å². The van der Waals surface area contributed by atoms with E-state index < -0.39 is 6.04 Å². The quantitative estimate of drug-likeness (QED) is 0.767. The number of piperidine rings is 1. The van der Waals surface area contributed by atoms with E-state index in [-0.39, 0.29) is 24.3 Å². The summed E-state index contributed by atoms with van der Waals surface area (Å²) in [6.07, 6.45) is 0.876. The van der Waals surface area contributed by atoms with Crippen LogP contribution in [-0.2, 0) is 20.9 Å². The number of nitrogens with one attached hydrogen (secondary N) is 1. The highest BCUT2D eigenvalue weighted by atomic mass is 16.5. The molecule has 8 heteroatoms. The van der Waals surface area contributed by atoms with Gasteiger partial charge in [-0.25, -0.2) is 0 Å². The minimum absolute atomic E-state index is 0.0454. The molecule has 0 spiro atoms. The molecular weight excluding hydrogens is 372 g/mol. The Morgan fingerprint density at radius 1 is 1.38 bits per heavy atom. The zero-order chi connectivity index (χ0) is 21.0. The monoisotopic (exact) mass is 400 g/mol. The minimum Gasteiger partial charge on any atom is -0.372 e. The van der Waals surface area contributed by atoms with E-state index in [1.54, 1.807) is 4.90 Å². The summed E-state index contributed by atoms with van der Waals surface area (Å²) in [5.74, 6) is 0.434. The Morgan fingerprint density at radius 2 is 2.17 bits per heavy atom. The number of rotatable bonds is 7. The van der Waals surface area contributed by atoms with E-state index in [0.717, 1.165) is 11.3 Å². The third-order valence-electron chi connectivity index (χ3n) is 5.24. The van der Waals surface area contributed by atoms with Crippen LogP contribution in [0.1, 0.15) is 55.6 Å². The highest BCUT2D eigenvalue weighted by Gasteiger charge is 2.32. The van der Waals surface area contributed by atoms with Crippen molar-refractivity contribution in [1.29, 1.82) is 0 Å². The van der Waals surface area contributed by atoms with Crippen LogP contribution in [0.4, 0.5) is 5.69 Å². The van der Waals surface area contributed by atoms with Crippen molar-refractivity contribution in [3.63, 3.8) is 0 Å². The van der Waals surface area contributed by atoms with Crippen molar-refractivity contribution in [3.8, 4) is 0 Å². The lowest BCUT2D eigenvalue weighted by Gasteiger charge is -2.32. The minimum atomic E-state index is -0.394. The molecule has 1 aromatic heterocycles. The number of amides is 2. The van der Waals surface area contributed by atoms with Crippen LogP contribution >= 0.6 is 0 Å². The smallest absolute Gasteiger partial charge is 0.252 e. The fourth-order valence-electron chi connectivity index (χ4n) is 3.29. The van der Waals surface area contributed by atoms with Crippen LogP contribution in [0, 0.1) is 19.8 Å². The van der Waals surface area contributed by atoms with Gasteiger partial charge in [0.05, 0.1) is 12.0 Å². The maximum absolute atomic E-state index is 12.8. The Bertz CT molecular complexity index is 879. The Balaban J connectivity index is 1.63. The van der Waals surface area contributed by atoms with Crippen molar-refractivity contribution in [2.75, 3.05) is 18.1 Å². The van der Waals surface area contributed by atoms with E-state index in [2.05, 4.69) is 15.5 Å². The van der Waals surface area contributed by atoms with E-state index in [9.17, 15) is 9.59 Å². The van der Waals surface area contributed by atoms with Crippen molar-refractivity contribution < 1.29 is 18.8 Å². The molecule has 1 saturated heterocycles. The number of anilines is 1. The molecule has 156 valence electrons. The molecule has 1 aliphatic heterocycles. The second-order valence-corrected chi connectivity index (χ2v) is 7.42. The van der Waals surface area contributed by atoms with Crippen LogP contribution in [-0.4, -0.2) is 35.1 Å². The number of carbonyl (C=O) groups excluding carboxylic acids is 2. The average Bonchev–Trinajstić information content (AvgIpc) is 3.18. The molecule has 0 radical (unpaired) electrons. The second-order valence-electron chi connectivity index (χ2n) is 7.42. The fraction of sp³-hybridized carbons (Fsp3) is 0.524. The van der Waals surface area contributed by atoms with Gasteiger partial charge in [0, 0.05) is 25.3 Å². The molecule has 8 nitrogen and oxygen atoms in total. The van der Waals surface area contributed by atoms with Crippen LogP contribution in [0.5, 0.6) is 0 Å². The van der Waals surface area contributed by atoms with Crippen LogP contribution in [0.25, 0.3) is 0 Å². The first-order chi connectivity index (χ1) is 13.9. The zero-order valence-electron chi connectivity index (χ0n) is 17.4. The maximum atomic E-state index is 12.8. The van der Waals surface area contributed by atoms with E-state index >= 15 is 0 Å². The van der Waals surface area contributed by atoms with Crippen LogP contribution in [0.3, 0.4) is 0 Å². The van der Waals surface area contributed by atoms with Crippen molar-refractivity contribution >= 4 is 17.5 Å². The van der Waals surface area contributed by atoms with Gasteiger partial charge >= 0.3 is 0 Å². The van der Waals surface area contributed by atoms with Gasteiger partial charge in [-0.15, -0.1) is 0 Å². The molecule has 1 aliphatic rings. The van der Waals surface area contributed by atoms with E-state index in [1.807, 2.05) is 45.9 Å². The molecule has 0 aliphatic carbocycles. The molecule has 2 aromatic rings. The molecule has 3 rings (SSSR count). The average molecular weight is 400 g/mol. The highest BCUT2D eigenvalue weighted by molar-refractivity contribution is 5.96. The van der Waals surface area contributed by atoms with Crippen molar-refractivity contribution in [2.45, 2.75) is 53.2 Å². The fourth-order valence-corrected chi connectivity index (χ4v) is 3.29.